The highest BCUT2D eigenvalue weighted by Gasteiger charge is 2.28. The van der Waals surface area contributed by atoms with Crippen LogP contribution in [-0.4, -0.2) is 53.0 Å². The lowest BCUT2D eigenvalue weighted by molar-refractivity contribution is -0.0263. The number of urea groups is 1. The summed E-state index contributed by atoms with van der Waals surface area (Å²) in [5.74, 6) is 0.622. The van der Waals surface area contributed by atoms with Crippen LogP contribution in [0.15, 0.2) is 54.6 Å². The fourth-order valence-corrected chi connectivity index (χ4v) is 3.10. The fourth-order valence-electron chi connectivity index (χ4n) is 3.10. The molecule has 3 rings (SSSR count). The number of nitrogens with one attached hydrogen (secondary N) is 1. The van der Waals surface area contributed by atoms with Crippen molar-refractivity contribution in [1.82, 2.24) is 4.90 Å². The van der Waals surface area contributed by atoms with Gasteiger partial charge in [-0.1, -0.05) is 42.5 Å². The highest BCUT2D eigenvalue weighted by Crippen LogP contribution is 2.25. The molecule has 0 spiro atoms. The standard InChI is InChI=1S/C21H26N2O4/c24-18-12-13-23(15-19(18)25)21(26)22-17-10-4-5-11-20(17)27-14-6-9-16-7-2-1-3-8-16/h1-5,7-8,10-11,18-19,24-25H,6,9,12-15H2,(H,22,26)/t18-,19-/m1/s1. The van der Waals surface area contributed by atoms with E-state index in [-0.39, 0.29) is 12.6 Å². The number of aliphatic hydroxyl groups excluding tert-OH is 2. The first-order valence-electron chi connectivity index (χ1n) is 9.31. The van der Waals surface area contributed by atoms with E-state index in [0.29, 0.717) is 31.0 Å². The van der Waals surface area contributed by atoms with Crippen LogP contribution in [0.5, 0.6) is 5.75 Å². The number of carbonyl (C=O) groups excluding carboxylic acids is 1. The third-order valence-corrected chi connectivity index (χ3v) is 4.67. The first-order chi connectivity index (χ1) is 13.1. The Bertz CT molecular complexity index is 738. The van der Waals surface area contributed by atoms with E-state index in [2.05, 4.69) is 17.4 Å². The summed E-state index contributed by atoms with van der Waals surface area (Å²) in [5, 5.41) is 22.2. The van der Waals surface area contributed by atoms with Gasteiger partial charge in [0.05, 0.1) is 31.0 Å². The van der Waals surface area contributed by atoms with Gasteiger partial charge in [0.2, 0.25) is 0 Å². The molecule has 144 valence electrons. The van der Waals surface area contributed by atoms with Crippen molar-refractivity contribution in [3.63, 3.8) is 0 Å². The van der Waals surface area contributed by atoms with Gasteiger partial charge in [0, 0.05) is 6.54 Å². The summed E-state index contributed by atoms with van der Waals surface area (Å²) < 4.78 is 5.86. The summed E-state index contributed by atoms with van der Waals surface area (Å²) in [5.41, 5.74) is 1.87. The molecule has 3 N–H and O–H groups in total. The zero-order valence-electron chi connectivity index (χ0n) is 15.3. The van der Waals surface area contributed by atoms with Crippen LogP contribution in [0.2, 0.25) is 0 Å². The third kappa shape index (κ3) is 5.45. The highest BCUT2D eigenvalue weighted by atomic mass is 16.5. The van der Waals surface area contributed by atoms with Gasteiger partial charge in [-0.25, -0.2) is 4.79 Å². The number of hydrogen-bond donors (Lipinski definition) is 3. The molecular weight excluding hydrogens is 344 g/mol. The topological polar surface area (TPSA) is 82.0 Å². The van der Waals surface area contributed by atoms with Gasteiger partial charge >= 0.3 is 6.03 Å². The van der Waals surface area contributed by atoms with E-state index in [1.54, 1.807) is 6.07 Å². The maximum absolute atomic E-state index is 12.5. The number of aliphatic hydroxyl groups is 2. The van der Waals surface area contributed by atoms with Crippen LogP contribution in [0.25, 0.3) is 0 Å². The lowest BCUT2D eigenvalue weighted by Gasteiger charge is -2.33. The van der Waals surface area contributed by atoms with Crippen molar-refractivity contribution in [2.75, 3.05) is 25.0 Å². The predicted octanol–water partition coefficient (Wildman–Crippen LogP) is 2.66. The Labute approximate surface area is 159 Å². The molecule has 0 saturated carbocycles. The van der Waals surface area contributed by atoms with E-state index in [9.17, 15) is 15.0 Å². The van der Waals surface area contributed by atoms with E-state index in [1.807, 2.05) is 36.4 Å². The molecule has 1 saturated heterocycles. The van der Waals surface area contributed by atoms with Crippen LogP contribution in [0.3, 0.4) is 0 Å². The van der Waals surface area contributed by atoms with Crippen molar-refractivity contribution >= 4 is 11.7 Å². The second kappa shape index (κ2) is 9.39. The van der Waals surface area contributed by atoms with Gasteiger partial charge in [-0.3, -0.25) is 0 Å². The minimum absolute atomic E-state index is 0.118. The number of para-hydroxylation sites is 2. The number of rotatable bonds is 6. The molecule has 1 heterocycles. The predicted molar refractivity (Wildman–Crippen MR) is 104 cm³/mol. The van der Waals surface area contributed by atoms with Crippen LogP contribution in [0.1, 0.15) is 18.4 Å². The molecule has 1 aliphatic heterocycles. The summed E-state index contributed by atoms with van der Waals surface area (Å²) >= 11 is 0. The van der Waals surface area contributed by atoms with Crippen LogP contribution in [0, 0.1) is 0 Å². The van der Waals surface area contributed by atoms with Gasteiger partial charge in [0.1, 0.15) is 5.75 Å². The molecule has 27 heavy (non-hydrogen) atoms. The summed E-state index contributed by atoms with van der Waals surface area (Å²) in [6.07, 6.45) is 0.501. The Morgan fingerprint density at radius 3 is 2.59 bits per heavy atom. The second-order valence-electron chi connectivity index (χ2n) is 6.73. The average Bonchev–Trinajstić information content (AvgIpc) is 2.69. The number of amides is 2. The van der Waals surface area contributed by atoms with Gasteiger partial charge in [-0.05, 0) is 37.0 Å². The van der Waals surface area contributed by atoms with Crippen molar-refractivity contribution in [2.45, 2.75) is 31.5 Å². The number of β-amino-alcohol motifs (C(OH)–C–C–N with tert-alkyl or cyclic N) is 1. The first kappa shape index (κ1) is 19.2. The quantitative estimate of drug-likeness (QED) is 0.683. The summed E-state index contributed by atoms with van der Waals surface area (Å²) in [7, 11) is 0. The van der Waals surface area contributed by atoms with Gasteiger partial charge in [-0.2, -0.15) is 0 Å². The van der Waals surface area contributed by atoms with E-state index in [1.165, 1.54) is 10.5 Å². The molecular formula is C21H26N2O4. The number of benzene rings is 2. The minimum Gasteiger partial charge on any atom is -0.491 e. The van der Waals surface area contributed by atoms with Crippen LogP contribution < -0.4 is 10.1 Å². The number of hydrogen-bond acceptors (Lipinski definition) is 4. The SMILES string of the molecule is O=C(Nc1ccccc1OCCCc1ccccc1)N1CC[C@@H](O)[C@H](O)C1. The van der Waals surface area contributed by atoms with E-state index < -0.39 is 12.2 Å². The van der Waals surface area contributed by atoms with Crippen molar-refractivity contribution in [1.29, 1.82) is 0 Å². The Kier molecular flexibility index (Phi) is 6.68. The molecule has 2 amide bonds. The minimum atomic E-state index is -0.908. The van der Waals surface area contributed by atoms with Crippen molar-refractivity contribution in [2.24, 2.45) is 0 Å². The Morgan fingerprint density at radius 1 is 1.07 bits per heavy atom. The second-order valence-corrected chi connectivity index (χ2v) is 6.73. The molecule has 2 aromatic carbocycles. The lowest BCUT2D eigenvalue weighted by atomic mass is 10.1. The van der Waals surface area contributed by atoms with Gasteiger partial charge in [0.15, 0.2) is 0 Å². The number of anilines is 1. The molecule has 0 aliphatic carbocycles. The van der Waals surface area contributed by atoms with Crippen LogP contribution in [-0.2, 0) is 6.42 Å². The molecule has 6 nitrogen and oxygen atoms in total. The van der Waals surface area contributed by atoms with E-state index in [4.69, 9.17) is 4.74 Å². The molecule has 0 unspecified atom stereocenters. The fraction of sp³-hybridized carbons (Fsp3) is 0.381. The first-order valence-corrected chi connectivity index (χ1v) is 9.31. The Morgan fingerprint density at radius 2 is 1.81 bits per heavy atom. The lowest BCUT2D eigenvalue weighted by Crippen LogP contribution is -2.50. The number of piperidine rings is 1. The number of nitrogens with zero attached hydrogens (tertiary/aromatic N) is 1. The number of likely N-dealkylation sites (tertiary alicyclic amines) is 1. The van der Waals surface area contributed by atoms with E-state index >= 15 is 0 Å². The van der Waals surface area contributed by atoms with Gasteiger partial charge in [0.25, 0.3) is 0 Å². The monoisotopic (exact) mass is 370 g/mol. The summed E-state index contributed by atoms with van der Waals surface area (Å²) in [6, 6.07) is 17.3. The maximum atomic E-state index is 12.5. The van der Waals surface area contributed by atoms with Gasteiger partial charge in [-0.15, -0.1) is 0 Å². The molecule has 0 bridgehead atoms. The molecule has 0 aromatic heterocycles. The van der Waals surface area contributed by atoms with Gasteiger partial charge < -0.3 is 25.2 Å². The van der Waals surface area contributed by atoms with Crippen molar-refractivity contribution in [3.05, 3.63) is 60.2 Å². The van der Waals surface area contributed by atoms with Crippen LogP contribution >= 0.6 is 0 Å². The average molecular weight is 370 g/mol. The molecule has 6 heteroatoms. The molecule has 1 aliphatic rings. The third-order valence-electron chi connectivity index (χ3n) is 4.67. The number of aryl methyl sites for hydroxylation is 1. The molecule has 1 fully saturated rings. The zero-order valence-corrected chi connectivity index (χ0v) is 15.3. The Hall–Kier alpha value is -2.57. The largest absolute Gasteiger partial charge is 0.491 e. The number of carbonyl (C=O) groups is 1. The van der Waals surface area contributed by atoms with Crippen molar-refractivity contribution in [3.8, 4) is 5.75 Å². The normalized spacial score (nSPS) is 19.6. The highest BCUT2D eigenvalue weighted by molar-refractivity contribution is 5.91. The smallest absolute Gasteiger partial charge is 0.322 e. The zero-order chi connectivity index (χ0) is 19.1. The van der Waals surface area contributed by atoms with Crippen LogP contribution in [0.4, 0.5) is 10.5 Å². The van der Waals surface area contributed by atoms with Crippen molar-refractivity contribution < 1.29 is 19.7 Å². The maximum Gasteiger partial charge on any atom is 0.322 e. The molecule has 2 atom stereocenters. The molecule has 0 radical (unpaired) electrons. The summed E-state index contributed by atoms with van der Waals surface area (Å²) in [4.78, 5) is 14.0. The Balaban J connectivity index is 1.52. The number of ether oxygens (including phenoxy) is 1. The summed E-state index contributed by atoms with van der Waals surface area (Å²) in [6.45, 7) is 1.08. The van der Waals surface area contributed by atoms with E-state index in [0.717, 1.165) is 12.8 Å². The molecule has 2 aromatic rings.